The molecule has 2 nitrogen and oxygen atoms in total. The summed E-state index contributed by atoms with van der Waals surface area (Å²) in [5, 5.41) is 0. The molecule has 0 fully saturated rings. The standard InChI is InChI=1S/C13H15NO/c1-10(2)7-8-11(3)15-13-6-4-5-12(14)9-13/h4-9H,1,3,14H2,2H3/b8-7-. The first-order valence-corrected chi connectivity index (χ1v) is 4.64. The van der Waals surface area contributed by atoms with Gasteiger partial charge in [0, 0.05) is 11.8 Å². The van der Waals surface area contributed by atoms with E-state index in [-0.39, 0.29) is 0 Å². The van der Waals surface area contributed by atoms with Crippen molar-refractivity contribution in [2.45, 2.75) is 6.92 Å². The predicted molar refractivity (Wildman–Crippen MR) is 64.6 cm³/mol. The van der Waals surface area contributed by atoms with Crippen LogP contribution in [-0.2, 0) is 0 Å². The summed E-state index contributed by atoms with van der Waals surface area (Å²) in [6.07, 6.45) is 3.61. The molecule has 0 aliphatic carbocycles. The number of hydrogen-bond donors (Lipinski definition) is 1. The van der Waals surface area contributed by atoms with Crippen molar-refractivity contribution < 1.29 is 4.74 Å². The number of nitrogens with two attached hydrogens (primary N) is 1. The highest BCUT2D eigenvalue weighted by atomic mass is 16.5. The normalized spacial score (nSPS) is 10.2. The molecule has 15 heavy (non-hydrogen) atoms. The van der Waals surface area contributed by atoms with Crippen LogP contribution in [0.5, 0.6) is 5.75 Å². The summed E-state index contributed by atoms with van der Waals surface area (Å²) in [4.78, 5) is 0. The van der Waals surface area contributed by atoms with Gasteiger partial charge in [-0.3, -0.25) is 0 Å². The van der Waals surface area contributed by atoms with Gasteiger partial charge in [-0.25, -0.2) is 0 Å². The van der Waals surface area contributed by atoms with E-state index in [0.29, 0.717) is 17.2 Å². The van der Waals surface area contributed by atoms with E-state index in [1.54, 1.807) is 18.2 Å². The van der Waals surface area contributed by atoms with Gasteiger partial charge >= 0.3 is 0 Å². The maximum Gasteiger partial charge on any atom is 0.129 e. The van der Waals surface area contributed by atoms with Crippen LogP contribution in [0.3, 0.4) is 0 Å². The molecule has 1 aromatic rings. The SMILES string of the molecule is C=C(C)/C=C\C(=C)Oc1cccc(N)c1. The van der Waals surface area contributed by atoms with Crippen LogP contribution in [0.25, 0.3) is 0 Å². The third kappa shape index (κ3) is 4.18. The van der Waals surface area contributed by atoms with Gasteiger partial charge in [0.05, 0.1) is 0 Å². The molecule has 2 heteroatoms. The molecular weight excluding hydrogens is 186 g/mol. The average Bonchev–Trinajstić information content (AvgIpc) is 2.15. The van der Waals surface area contributed by atoms with E-state index in [2.05, 4.69) is 13.2 Å². The van der Waals surface area contributed by atoms with Crippen LogP contribution >= 0.6 is 0 Å². The van der Waals surface area contributed by atoms with Crippen molar-refractivity contribution in [1.29, 1.82) is 0 Å². The molecule has 0 saturated heterocycles. The molecule has 2 N–H and O–H groups in total. The first kappa shape index (κ1) is 11.1. The number of benzene rings is 1. The highest BCUT2D eigenvalue weighted by molar-refractivity contribution is 5.44. The Bertz CT molecular complexity index is 405. The van der Waals surface area contributed by atoms with Crippen LogP contribution in [0.1, 0.15) is 6.92 Å². The van der Waals surface area contributed by atoms with E-state index < -0.39 is 0 Å². The van der Waals surface area contributed by atoms with Crippen molar-refractivity contribution in [3.8, 4) is 5.75 Å². The van der Waals surface area contributed by atoms with Gasteiger partial charge in [-0.1, -0.05) is 30.9 Å². The van der Waals surface area contributed by atoms with Gasteiger partial charge in [-0.15, -0.1) is 0 Å². The third-order valence-corrected chi connectivity index (χ3v) is 1.66. The van der Waals surface area contributed by atoms with Crippen LogP contribution in [0, 0.1) is 0 Å². The molecule has 0 saturated carbocycles. The lowest BCUT2D eigenvalue weighted by Gasteiger charge is -2.05. The van der Waals surface area contributed by atoms with Crippen LogP contribution < -0.4 is 10.5 Å². The summed E-state index contributed by atoms with van der Waals surface area (Å²) >= 11 is 0. The fraction of sp³-hybridized carbons (Fsp3) is 0.0769. The quantitative estimate of drug-likeness (QED) is 0.461. The molecule has 0 spiro atoms. The molecule has 0 atom stereocenters. The second kappa shape index (κ2) is 5.05. The number of ether oxygens (including phenoxy) is 1. The maximum atomic E-state index is 5.61. The molecule has 0 aromatic heterocycles. The molecule has 0 bridgehead atoms. The highest BCUT2D eigenvalue weighted by Gasteiger charge is 1.95. The van der Waals surface area contributed by atoms with Crippen molar-refractivity contribution >= 4 is 5.69 Å². The van der Waals surface area contributed by atoms with E-state index in [1.165, 1.54) is 0 Å². The Labute approximate surface area is 90.4 Å². The van der Waals surface area contributed by atoms with Gasteiger partial charge in [0.2, 0.25) is 0 Å². The zero-order valence-electron chi connectivity index (χ0n) is 8.86. The number of nitrogen functional groups attached to an aromatic ring is 1. The van der Waals surface area contributed by atoms with Crippen molar-refractivity contribution in [2.75, 3.05) is 5.73 Å². The predicted octanol–water partition coefficient (Wildman–Crippen LogP) is 3.29. The molecule has 0 aliphatic rings. The molecule has 0 amide bonds. The smallest absolute Gasteiger partial charge is 0.129 e. The first-order valence-electron chi connectivity index (χ1n) is 4.64. The maximum absolute atomic E-state index is 5.61. The van der Waals surface area contributed by atoms with E-state index in [4.69, 9.17) is 10.5 Å². The Morgan fingerprint density at radius 3 is 2.67 bits per heavy atom. The van der Waals surface area contributed by atoms with Gasteiger partial charge in [-0.05, 0) is 25.1 Å². The van der Waals surface area contributed by atoms with Crippen molar-refractivity contribution in [3.63, 3.8) is 0 Å². The van der Waals surface area contributed by atoms with Gasteiger partial charge in [0.1, 0.15) is 11.5 Å². The van der Waals surface area contributed by atoms with Gasteiger partial charge in [-0.2, -0.15) is 0 Å². The largest absolute Gasteiger partial charge is 0.458 e. The summed E-state index contributed by atoms with van der Waals surface area (Å²) in [5.41, 5.74) is 7.24. The summed E-state index contributed by atoms with van der Waals surface area (Å²) in [7, 11) is 0. The summed E-state index contributed by atoms with van der Waals surface area (Å²) in [6, 6.07) is 7.22. The zero-order valence-corrected chi connectivity index (χ0v) is 8.86. The zero-order chi connectivity index (χ0) is 11.3. The molecule has 0 unspecified atom stereocenters. The van der Waals surface area contributed by atoms with E-state index in [1.807, 2.05) is 25.1 Å². The Hall–Kier alpha value is -1.96. The fourth-order valence-electron chi connectivity index (χ4n) is 0.999. The second-order valence-electron chi connectivity index (χ2n) is 3.32. The lowest BCUT2D eigenvalue weighted by Crippen LogP contribution is -1.91. The van der Waals surface area contributed by atoms with Crippen LogP contribution in [-0.4, -0.2) is 0 Å². The van der Waals surface area contributed by atoms with Crippen LogP contribution in [0.2, 0.25) is 0 Å². The lowest BCUT2D eigenvalue weighted by atomic mass is 10.3. The summed E-state index contributed by atoms with van der Waals surface area (Å²) in [5.74, 6) is 1.25. The third-order valence-electron chi connectivity index (χ3n) is 1.66. The van der Waals surface area contributed by atoms with E-state index in [9.17, 15) is 0 Å². The molecule has 0 aliphatic heterocycles. The Morgan fingerprint density at radius 1 is 1.33 bits per heavy atom. The molecule has 1 aromatic carbocycles. The minimum Gasteiger partial charge on any atom is -0.458 e. The Kier molecular flexibility index (Phi) is 3.75. The van der Waals surface area contributed by atoms with Gasteiger partial charge in [0.25, 0.3) is 0 Å². The van der Waals surface area contributed by atoms with Crippen molar-refractivity contribution in [3.05, 3.63) is 60.9 Å². The molecule has 0 heterocycles. The molecule has 1 rings (SSSR count). The van der Waals surface area contributed by atoms with Crippen molar-refractivity contribution in [1.82, 2.24) is 0 Å². The highest BCUT2D eigenvalue weighted by Crippen LogP contribution is 2.17. The monoisotopic (exact) mass is 201 g/mol. The first-order chi connectivity index (χ1) is 7.08. The van der Waals surface area contributed by atoms with E-state index in [0.717, 1.165) is 5.57 Å². The van der Waals surface area contributed by atoms with Crippen molar-refractivity contribution in [2.24, 2.45) is 0 Å². The Morgan fingerprint density at radius 2 is 2.07 bits per heavy atom. The Balaban J connectivity index is 2.63. The summed E-state index contributed by atoms with van der Waals surface area (Å²) < 4.78 is 5.44. The molecule has 0 radical (unpaired) electrons. The number of rotatable bonds is 4. The van der Waals surface area contributed by atoms with Crippen LogP contribution in [0.15, 0.2) is 60.9 Å². The number of allylic oxidation sites excluding steroid dienone is 3. The average molecular weight is 201 g/mol. The minimum absolute atomic E-state index is 0.559. The minimum atomic E-state index is 0.559. The lowest BCUT2D eigenvalue weighted by molar-refractivity contribution is 0.447. The molecular formula is C13H15NO. The number of hydrogen-bond acceptors (Lipinski definition) is 2. The number of anilines is 1. The van der Waals surface area contributed by atoms with Gasteiger partial charge < -0.3 is 10.5 Å². The molecule has 78 valence electrons. The van der Waals surface area contributed by atoms with Gasteiger partial charge in [0.15, 0.2) is 0 Å². The summed E-state index contributed by atoms with van der Waals surface area (Å²) in [6.45, 7) is 9.41. The fourth-order valence-corrected chi connectivity index (χ4v) is 0.999. The second-order valence-corrected chi connectivity index (χ2v) is 3.32. The topological polar surface area (TPSA) is 35.2 Å². The van der Waals surface area contributed by atoms with E-state index >= 15 is 0 Å². The van der Waals surface area contributed by atoms with Crippen LogP contribution in [0.4, 0.5) is 5.69 Å².